The minimum atomic E-state index is 0.102. The lowest BCUT2D eigenvalue weighted by Crippen LogP contribution is -2.52. The molecule has 0 spiro atoms. The number of likely N-dealkylation sites (tertiary alicyclic amines) is 1. The highest BCUT2D eigenvalue weighted by atomic mass is 16.5. The average molecular weight is 330 g/mol. The zero-order valence-corrected chi connectivity index (χ0v) is 15.0. The van der Waals surface area contributed by atoms with Gasteiger partial charge in [0.1, 0.15) is 5.75 Å². The number of carbonyl (C=O) groups excluding carboxylic acids is 1. The molecule has 2 heterocycles. The fourth-order valence-corrected chi connectivity index (χ4v) is 4.18. The minimum Gasteiger partial charge on any atom is -0.483 e. The van der Waals surface area contributed by atoms with Gasteiger partial charge in [-0.15, -0.1) is 0 Å². The fourth-order valence-electron chi connectivity index (χ4n) is 4.18. The molecule has 0 unspecified atom stereocenters. The number of fused-ring (bicyclic) bond motifs is 2. The van der Waals surface area contributed by atoms with Crippen molar-refractivity contribution in [2.45, 2.75) is 45.1 Å². The Morgan fingerprint density at radius 2 is 2.04 bits per heavy atom. The fraction of sp³-hybridized carbons (Fsp3) is 0.650. The van der Waals surface area contributed by atoms with Crippen molar-refractivity contribution in [3.8, 4) is 5.75 Å². The molecule has 0 N–H and O–H groups in total. The second-order valence-electron chi connectivity index (χ2n) is 7.16. The number of rotatable bonds is 1. The number of ether oxygens (including phenoxy) is 1. The molecule has 0 saturated carbocycles. The number of hydrogen-bond donors (Lipinski definition) is 0. The second kappa shape index (κ2) is 8.02. The van der Waals surface area contributed by atoms with Gasteiger partial charge in [0.05, 0.1) is 0 Å². The van der Waals surface area contributed by atoms with Gasteiger partial charge in [0.2, 0.25) is 0 Å². The number of hydrogen-bond acceptors (Lipinski definition) is 3. The summed E-state index contributed by atoms with van der Waals surface area (Å²) in [5.74, 6) is 1.56. The molecule has 0 radical (unpaired) electrons. The molecule has 3 rings (SSSR count). The predicted octanol–water partition coefficient (Wildman–Crippen LogP) is 2.96. The van der Waals surface area contributed by atoms with E-state index in [1.807, 2.05) is 24.1 Å². The minimum absolute atomic E-state index is 0.102. The SMILES string of the molecule is CCN1CC[C@@H]2[C@@H](CCCCc3ccccc3OCC(=O)N2C)C1. The van der Waals surface area contributed by atoms with E-state index in [2.05, 4.69) is 24.0 Å². The van der Waals surface area contributed by atoms with Gasteiger partial charge in [-0.25, -0.2) is 0 Å². The zero-order chi connectivity index (χ0) is 16.9. The third-order valence-corrected chi connectivity index (χ3v) is 5.71. The Kier molecular flexibility index (Phi) is 5.77. The average Bonchev–Trinajstić information content (AvgIpc) is 2.62. The van der Waals surface area contributed by atoms with Crippen LogP contribution in [-0.4, -0.2) is 55.0 Å². The number of carbonyl (C=O) groups is 1. The first-order valence-electron chi connectivity index (χ1n) is 9.37. The summed E-state index contributed by atoms with van der Waals surface area (Å²) in [7, 11) is 1.96. The number of amides is 1. The van der Waals surface area contributed by atoms with E-state index in [1.54, 1.807) is 0 Å². The van der Waals surface area contributed by atoms with Crippen LogP contribution in [0.25, 0.3) is 0 Å². The standard InChI is InChI=1S/C20H30N2O2/c1-3-22-13-12-18-17(14-22)10-5-4-8-16-9-6-7-11-19(16)24-15-20(23)21(18)2/h6-7,9,11,17-18H,3-5,8,10,12-15H2,1-2H3/t17-,18+/m0/s1. The lowest BCUT2D eigenvalue weighted by molar-refractivity contribution is -0.136. The smallest absolute Gasteiger partial charge is 0.260 e. The van der Waals surface area contributed by atoms with Crippen LogP contribution in [-0.2, 0) is 11.2 Å². The van der Waals surface area contributed by atoms with Gasteiger partial charge < -0.3 is 14.5 Å². The first-order valence-corrected chi connectivity index (χ1v) is 9.37. The van der Waals surface area contributed by atoms with Gasteiger partial charge in [-0.3, -0.25) is 4.79 Å². The summed E-state index contributed by atoms with van der Waals surface area (Å²) in [6.45, 7) is 5.70. The molecule has 1 saturated heterocycles. The van der Waals surface area contributed by atoms with E-state index < -0.39 is 0 Å². The monoisotopic (exact) mass is 330 g/mol. The lowest BCUT2D eigenvalue weighted by atomic mass is 9.86. The highest BCUT2D eigenvalue weighted by molar-refractivity contribution is 5.78. The summed E-state index contributed by atoms with van der Waals surface area (Å²) >= 11 is 0. The van der Waals surface area contributed by atoms with Crippen LogP contribution in [0.3, 0.4) is 0 Å². The van der Waals surface area contributed by atoms with Crippen molar-refractivity contribution in [3.05, 3.63) is 29.8 Å². The molecule has 1 fully saturated rings. The Balaban J connectivity index is 1.76. The van der Waals surface area contributed by atoms with E-state index in [1.165, 1.54) is 24.8 Å². The Bertz CT molecular complexity index is 560. The number of nitrogens with zero attached hydrogens (tertiary/aromatic N) is 2. The number of piperidine rings is 1. The van der Waals surface area contributed by atoms with Crippen molar-refractivity contribution in [2.75, 3.05) is 33.3 Å². The Morgan fingerprint density at radius 3 is 2.88 bits per heavy atom. The molecule has 0 aliphatic carbocycles. The maximum Gasteiger partial charge on any atom is 0.260 e. The van der Waals surface area contributed by atoms with Crippen LogP contribution in [0, 0.1) is 5.92 Å². The van der Waals surface area contributed by atoms with Gasteiger partial charge in [-0.05, 0) is 49.8 Å². The summed E-state index contributed by atoms with van der Waals surface area (Å²) in [5.41, 5.74) is 1.23. The molecule has 1 aromatic carbocycles. The third-order valence-electron chi connectivity index (χ3n) is 5.71. The van der Waals surface area contributed by atoms with Crippen LogP contribution >= 0.6 is 0 Å². The topological polar surface area (TPSA) is 32.8 Å². The van der Waals surface area contributed by atoms with E-state index >= 15 is 0 Å². The van der Waals surface area contributed by atoms with Crippen LogP contribution in [0.4, 0.5) is 0 Å². The largest absolute Gasteiger partial charge is 0.483 e. The normalized spacial score (nSPS) is 26.6. The Hall–Kier alpha value is -1.55. The second-order valence-corrected chi connectivity index (χ2v) is 7.16. The highest BCUT2D eigenvalue weighted by Crippen LogP contribution is 2.28. The van der Waals surface area contributed by atoms with E-state index in [9.17, 15) is 4.79 Å². The molecular weight excluding hydrogens is 300 g/mol. The highest BCUT2D eigenvalue weighted by Gasteiger charge is 2.33. The predicted molar refractivity (Wildman–Crippen MR) is 96.3 cm³/mol. The molecule has 0 aromatic heterocycles. The van der Waals surface area contributed by atoms with Gasteiger partial charge in [0, 0.05) is 26.2 Å². The van der Waals surface area contributed by atoms with Crippen LogP contribution in [0.2, 0.25) is 0 Å². The zero-order valence-electron chi connectivity index (χ0n) is 15.0. The van der Waals surface area contributed by atoms with Crippen LogP contribution in [0.15, 0.2) is 24.3 Å². The Labute approximate surface area is 145 Å². The molecule has 2 aliphatic rings. The van der Waals surface area contributed by atoms with Gasteiger partial charge >= 0.3 is 0 Å². The van der Waals surface area contributed by atoms with Gasteiger partial charge in [0.25, 0.3) is 5.91 Å². The van der Waals surface area contributed by atoms with Crippen LogP contribution in [0.1, 0.15) is 38.2 Å². The lowest BCUT2D eigenvalue weighted by Gasteiger charge is -2.42. The molecule has 2 atom stereocenters. The third kappa shape index (κ3) is 3.92. The summed E-state index contributed by atoms with van der Waals surface area (Å²) in [6.07, 6.45) is 5.73. The molecule has 4 nitrogen and oxygen atoms in total. The maximum absolute atomic E-state index is 12.6. The molecule has 0 bridgehead atoms. The van der Waals surface area contributed by atoms with Gasteiger partial charge in [0.15, 0.2) is 6.61 Å². The van der Waals surface area contributed by atoms with Crippen molar-refractivity contribution >= 4 is 5.91 Å². The molecule has 24 heavy (non-hydrogen) atoms. The first-order chi connectivity index (χ1) is 11.7. The van der Waals surface area contributed by atoms with Crippen molar-refractivity contribution < 1.29 is 9.53 Å². The number of para-hydroxylation sites is 1. The van der Waals surface area contributed by atoms with Crippen LogP contribution < -0.4 is 4.74 Å². The summed E-state index contributed by atoms with van der Waals surface area (Å²) < 4.78 is 5.86. The number of benzene rings is 1. The van der Waals surface area contributed by atoms with E-state index in [0.29, 0.717) is 12.0 Å². The van der Waals surface area contributed by atoms with Crippen molar-refractivity contribution in [1.82, 2.24) is 9.80 Å². The molecule has 2 aliphatic heterocycles. The summed E-state index contributed by atoms with van der Waals surface area (Å²) in [6, 6.07) is 8.50. The molecule has 1 amide bonds. The maximum atomic E-state index is 12.6. The molecule has 1 aromatic rings. The van der Waals surface area contributed by atoms with E-state index in [4.69, 9.17) is 4.74 Å². The Morgan fingerprint density at radius 1 is 1.21 bits per heavy atom. The van der Waals surface area contributed by atoms with Crippen molar-refractivity contribution in [3.63, 3.8) is 0 Å². The van der Waals surface area contributed by atoms with Crippen LogP contribution in [0.5, 0.6) is 5.75 Å². The summed E-state index contributed by atoms with van der Waals surface area (Å²) in [4.78, 5) is 17.1. The number of aryl methyl sites for hydroxylation is 1. The van der Waals surface area contributed by atoms with E-state index in [-0.39, 0.29) is 12.5 Å². The van der Waals surface area contributed by atoms with Gasteiger partial charge in [-0.1, -0.05) is 31.5 Å². The number of likely N-dealkylation sites (N-methyl/N-ethyl adjacent to an activating group) is 1. The van der Waals surface area contributed by atoms with Crippen molar-refractivity contribution in [1.29, 1.82) is 0 Å². The molecule has 4 heteroatoms. The molecular formula is C20H30N2O2. The van der Waals surface area contributed by atoms with Gasteiger partial charge in [-0.2, -0.15) is 0 Å². The van der Waals surface area contributed by atoms with E-state index in [0.717, 1.165) is 38.2 Å². The summed E-state index contributed by atoms with van der Waals surface area (Å²) in [5, 5.41) is 0. The van der Waals surface area contributed by atoms with Crippen molar-refractivity contribution in [2.24, 2.45) is 5.92 Å². The first kappa shape index (κ1) is 17.3. The quantitative estimate of drug-likeness (QED) is 0.794. The molecule has 132 valence electrons.